The summed E-state index contributed by atoms with van der Waals surface area (Å²) in [5, 5.41) is 9.29. The van der Waals surface area contributed by atoms with Gasteiger partial charge in [-0.2, -0.15) is 0 Å². The highest BCUT2D eigenvalue weighted by molar-refractivity contribution is 6.29. The Morgan fingerprint density at radius 2 is 2.19 bits per heavy atom. The van der Waals surface area contributed by atoms with Gasteiger partial charge in [0.2, 0.25) is 5.28 Å². The van der Waals surface area contributed by atoms with E-state index >= 15 is 0 Å². The topological polar surface area (TPSA) is 72.3 Å². The van der Waals surface area contributed by atoms with Crippen LogP contribution >= 0.6 is 11.6 Å². The minimum Gasteiger partial charge on any atom is -0.497 e. The van der Waals surface area contributed by atoms with E-state index in [-0.39, 0.29) is 11.0 Å². The number of aromatic carboxylic acids is 1. The van der Waals surface area contributed by atoms with Gasteiger partial charge in [0.15, 0.2) is 5.69 Å². The Balaban J connectivity index is 2.80. The van der Waals surface area contributed by atoms with E-state index < -0.39 is 5.97 Å². The van der Waals surface area contributed by atoms with Gasteiger partial charge in [-0.3, -0.25) is 0 Å². The molecule has 5 nitrogen and oxygen atoms in total. The van der Waals surface area contributed by atoms with Gasteiger partial charge in [0.05, 0.1) is 12.6 Å². The number of halogens is 1. The van der Waals surface area contributed by atoms with Gasteiger partial charge in [0.25, 0.3) is 0 Å². The normalized spacial score (nSPS) is 10.4. The maximum Gasteiger partial charge on any atom is 0.355 e. The number of nitrogens with zero attached hydrogens (tertiary/aromatic N) is 2. The Labute approximate surface area is 95.7 Å². The number of carboxylic acid groups (broad SMARTS) is 1. The number of rotatable bonds is 2. The van der Waals surface area contributed by atoms with Crippen molar-refractivity contribution in [3.8, 4) is 5.75 Å². The predicted molar refractivity (Wildman–Crippen MR) is 58.1 cm³/mol. The predicted octanol–water partition coefficient (Wildman–Crippen LogP) is 1.99. The summed E-state index contributed by atoms with van der Waals surface area (Å²) in [6.45, 7) is 0. The molecule has 2 rings (SSSR count). The van der Waals surface area contributed by atoms with Crippen LogP contribution in [0.15, 0.2) is 18.2 Å². The molecule has 0 unspecified atom stereocenters. The average molecular weight is 239 g/mol. The van der Waals surface area contributed by atoms with Crippen molar-refractivity contribution in [2.75, 3.05) is 7.11 Å². The maximum atomic E-state index is 11.0. The molecule has 16 heavy (non-hydrogen) atoms. The summed E-state index contributed by atoms with van der Waals surface area (Å²) in [6, 6.07) is 4.88. The van der Waals surface area contributed by atoms with Crippen LogP contribution in [0.2, 0.25) is 5.28 Å². The molecule has 0 spiro atoms. The fourth-order valence-corrected chi connectivity index (χ4v) is 1.54. The molecule has 1 aromatic heterocycles. The first-order valence-electron chi connectivity index (χ1n) is 4.36. The van der Waals surface area contributed by atoms with Crippen molar-refractivity contribution in [2.24, 2.45) is 0 Å². The van der Waals surface area contributed by atoms with Crippen LogP contribution in [0.25, 0.3) is 10.9 Å². The number of methoxy groups -OCH3 is 1. The van der Waals surface area contributed by atoms with Gasteiger partial charge in [-0.25, -0.2) is 14.8 Å². The number of aromatic nitrogens is 2. The zero-order chi connectivity index (χ0) is 11.7. The fraction of sp³-hybridized carbons (Fsp3) is 0.100. The van der Waals surface area contributed by atoms with E-state index in [1.807, 2.05) is 0 Å². The van der Waals surface area contributed by atoms with Crippen molar-refractivity contribution < 1.29 is 14.6 Å². The molecule has 0 amide bonds. The largest absolute Gasteiger partial charge is 0.497 e. The highest BCUT2D eigenvalue weighted by atomic mass is 35.5. The average Bonchev–Trinajstić information content (AvgIpc) is 2.27. The molecule has 1 N–H and O–H groups in total. The summed E-state index contributed by atoms with van der Waals surface area (Å²) in [6.07, 6.45) is 0. The lowest BCUT2D eigenvalue weighted by Crippen LogP contribution is -2.03. The molecule has 0 aliphatic heterocycles. The van der Waals surface area contributed by atoms with Crippen molar-refractivity contribution in [1.82, 2.24) is 9.97 Å². The van der Waals surface area contributed by atoms with Crippen molar-refractivity contribution in [2.45, 2.75) is 0 Å². The van der Waals surface area contributed by atoms with Gasteiger partial charge in [-0.05, 0) is 29.8 Å². The molecule has 82 valence electrons. The van der Waals surface area contributed by atoms with E-state index in [9.17, 15) is 4.79 Å². The highest BCUT2D eigenvalue weighted by Gasteiger charge is 2.13. The van der Waals surface area contributed by atoms with Crippen LogP contribution in [-0.2, 0) is 0 Å². The van der Waals surface area contributed by atoms with Crippen molar-refractivity contribution in [3.63, 3.8) is 0 Å². The van der Waals surface area contributed by atoms with Crippen LogP contribution in [-0.4, -0.2) is 28.2 Å². The zero-order valence-electron chi connectivity index (χ0n) is 8.27. The molecule has 0 bridgehead atoms. The standard InChI is InChI=1S/C10H7ClN2O3/c1-16-5-2-3-7-6(4-5)8(9(14)15)13-10(11)12-7/h2-4H,1H3,(H,14,15). The summed E-state index contributed by atoms with van der Waals surface area (Å²) in [4.78, 5) is 18.6. The Kier molecular flexibility index (Phi) is 2.62. The van der Waals surface area contributed by atoms with Gasteiger partial charge in [-0.1, -0.05) is 0 Å². The van der Waals surface area contributed by atoms with E-state index in [0.29, 0.717) is 16.7 Å². The van der Waals surface area contributed by atoms with Crippen molar-refractivity contribution in [3.05, 3.63) is 29.2 Å². The molecular formula is C10H7ClN2O3. The second-order valence-electron chi connectivity index (χ2n) is 3.03. The Bertz CT molecular complexity index is 571. The van der Waals surface area contributed by atoms with E-state index in [4.69, 9.17) is 21.4 Å². The van der Waals surface area contributed by atoms with E-state index in [2.05, 4.69) is 9.97 Å². The molecule has 1 heterocycles. The Hall–Kier alpha value is -1.88. The summed E-state index contributed by atoms with van der Waals surface area (Å²) >= 11 is 5.62. The van der Waals surface area contributed by atoms with Crippen LogP contribution in [0.4, 0.5) is 0 Å². The second-order valence-corrected chi connectivity index (χ2v) is 3.37. The minimum atomic E-state index is -1.15. The lowest BCUT2D eigenvalue weighted by atomic mass is 10.2. The van der Waals surface area contributed by atoms with Gasteiger partial charge in [0, 0.05) is 5.39 Å². The van der Waals surface area contributed by atoms with Crippen LogP contribution in [0.3, 0.4) is 0 Å². The van der Waals surface area contributed by atoms with E-state index in [1.165, 1.54) is 7.11 Å². The third-order valence-corrected chi connectivity index (χ3v) is 2.25. The SMILES string of the molecule is COc1ccc2nc(Cl)nc(C(=O)O)c2c1. The van der Waals surface area contributed by atoms with Crippen molar-refractivity contribution >= 4 is 28.5 Å². The lowest BCUT2D eigenvalue weighted by molar-refractivity contribution is 0.0692. The number of benzene rings is 1. The monoisotopic (exact) mass is 238 g/mol. The van der Waals surface area contributed by atoms with Crippen LogP contribution < -0.4 is 4.74 Å². The minimum absolute atomic E-state index is 0.0879. The zero-order valence-corrected chi connectivity index (χ0v) is 9.02. The first-order chi connectivity index (χ1) is 7.61. The maximum absolute atomic E-state index is 11.0. The second kappa shape index (κ2) is 3.94. The number of hydrogen-bond donors (Lipinski definition) is 1. The van der Waals surface area contributed by atoms with Crippen LogP contribution in [0, 0.1) is 0 Å². The summed E-state index contributed by atoms with van der Waals surface area (Å²) < 4.78 is 5.01. The van der Waals surface area contributed by atoms with Gasteiger partial charge >= 0.3 is 5.97 Å². The van der Waals surface area contributed by atoms with Gasteiger partial charge in [0.1, 0.15) is 5.75 Å². The summed E-state index contributed by atoms with van der Waals surface area (Å²) in [7, 11) is 1.50. The van der Waals surface area contributed by atoms with E-state index in [0.717, 1.165) is 0 Å². The fourth-order valence-electron chi connectivity index (χ4n) is 1.37. The summed E-state index contributed by atoms with van der Waals surface area (Å²) in [5.41, 5.74) is 0.340. The molecule has 0 saturated heterocycles. The number of carboxylic acids is 1. The molecule has 6 heteroatoms. The number of ether oxygens (including phenoxy) is 1. The third-order valence-electron chi connectivity index (χ3n) is 2.08. The first-order valence-corrected chi connectivity index (χ1v) is 4.74. The Morgan fingerprint density at radius 1 is 1.44 bits per heavy atom. The molecule has 0 aliphatic carbocycles. The van der Waals surface area contributed by atoms with Gasteiger partial charge < -0.3 is 9.84 Å². The highest BCUT2D eigenvalue weighted by Crippen LogP contribution is 2.23. The molecule has 2 aromatic rings. The van der Waals surface area contributed by atoms with E-state index in [1.54, 1.807) is 18.2 Å². The van der Waals surface area contributed by atoms with Gasteiger partial charge in [-0.15, -0.1) is 0 Å². The molecule has 0 saturated carbocycles. The molecule has 0 aliphatic rings. The number of fused-ring (bicyclic) bond motifs is 1. The first kappa shape index (κ1) is 10.6. The molecule has 0 radical (unpaired) electrons. The summed E-state index contributed by atoms with van der Waals surface area (Å²) in [5.74, 6) is -0.608. The third kappa shape index (κ3) is 1.77. The van der Waals surface area contributed by atoms with Crippen LogP contribution in [0.5, 0.6) is 5.75 Å². The molecular weight excluding hydrogens is 232 g/mol. The quantitative estimate of drug-likeness (QED) is 0.810. The van der Waals surface area contributed by atoms with Crippen molar-refractivity contribution in [1.29, 1.82) is 0 Å². The lowest BCUT2D eigenvalue weighted by Gasteiger charge is -2.04. The Morgan fingerprint density at radius 3 is 2.81 bits per heavy atom. The molecule has 0 fully saturated rings. The molecule has 1 aromatic carbocycles. The molecule has 0 atom stereocenters. The van der Waals surface area contributed by atoms with Crippen LogP contribution in [0.1, 0.15) is 10.5 Å². The number of carbonyl (C=O) groups is 1. The number of hydrogen-bond acceptors (Lipinski definition) is 4. The smallest absolute Gasteiger partial charge is 0.355 e.